The lowest BCUT2D eigenvalue weighted by molar-refractivity contribution is -0.137. The van der Waals surface area contributed by atoms with Crippen LogP contribution in [0.4, 0.5) is 0 Å². The highest BCUT2D eigenvalue weighted by atomic mass is 16.6. The fraction of sp³-hybridized carbons (Fsp3) is 0.217. The molecule has 0 aliphatic heterocycles. The number of esters is 2. The van der Waals surface area contributed by atoms with Gasteiger partial charge in [-0.15, -0.1) is 0 Å². The Morgan fingerprint density at radius 3 is 2.03 bits per heavy atom. The molecule has 0 N–H and O–H groups in total. The summed E-state index contributed by atoms with van der Waals surface area (Å²) in [6, 6.07) is 10.3. The maximum Gasteiger partial charge on any atom is 0.349 e. The van der Waals surface area contributed by atoms with Crippen LogP contribution in [0.1, 0.15) is 18.1 Å². The third-order valence-electron chi connectivity index (χ3n) is 3.92. The van der Waals surface area contributed by atoms with Crippen LogP contribution in [0.15, 0.2) is 48.6 Å². The fourth-order valence-electron chi connectivity index (χ4n) is 2.49. The van der Waals surface area contributed by atoms with Gasteiger partial charge in [0.25, 0.3) is 0 Å². The Bertz CT molecular complexity index is 945. The van der Waals surface area contributed by atoms with Gasteiger partial charge in [-0.05, 0) is 48.4 Å². The van der Waals surface area contributed by atoms with E-state index >= 15 is 0 Å². The minimum atomic E-state index is -0.594. The van der Waals surface area contributed by atoms with Gasteiger partial charge in [-0.1, -0.05) is 24.3 Å². The van der Waals surface area contributed by atoms with Crippen molar-refractivity contribution in [1.82, 2.24) is 0 Å². The summed E-state index contributed by atoms with van der Waals surface area (Å²) >= 11 is 0. The molecule has 0 bridgehead atoms. The van der Waals surface area contributed by atoms with Crippen molar-refractivity contribution in [3.8, 4) is 23.0 Å². The van der Waals surface area contributed by atoms with E-state index in [1.165, 1.54) is 27.4 Å². The van der Waals surface area contributed by atoms with E-state index < -0.39 is 11.9 Å². The van der Waals surface area contributed by atoms with Crippen molar-refractivity contribution >= 4 is 24.1 Å². The van der Waals surface area contributed by atoms with Crippen molar-refractivity contribution in [3.05, 3.63) is 59.7 Å². The second kappa shape index (κ2) is 11.3. The molecule has 0 saturated carbocycles. The van der Waals surface area contributed by atoms with Gasteiger partial charge in [0, 0.05) is 6.08 Å². The summed E-state index contributed by atoms with van der Waals surface area (Å²) in [5, 5.41) is 0. The van der Waals surface area contributed by atoms with E-state index in [0.717, 1.165) is 5.56 Å². The maximum absolute atomic E-state index is 12.2. The standard InChI is InChI=1S/C23H24O7/c1-5-6-16-8-11-19(21(13-16)27-3)30-23(25)15-29-18-10-7-17(14-20(18)26-2)9-12-22(24)28-4/h5-14H,15H2,1-4H3/b6-5+,12-9+. The first kappa shape index (κ1) is 22.5. The molecule has 7 nitrogen and oxygen atoms in total. The number of carbonyl (C=O) groups excluding carboxylic acids is 2. The second-order valence-corrected chi connectivity index (χ2v) is 5.94. The number of methoxy groups -OCH3 is 3. The molecule has 2 aromatic rings. The summed E-state index contributed by atoms with van der Waals surface area (Å²) in [4.78, 5) is 23.4. The van der Waals surface area contributed by atoms with Gasteiger partial charge in [0.05, 0.1) is 21.3 Å². The molecule has 0 aromatic heterocycles. The van der Waals surface area contributed by atoms with Gasteiger partial charge < -0.3 is 23.7 Å². The third-order valence-corrected chi connectivity index (χ3v) is 3.92. The van der Waals surface area contributed by atoms with Crippen molar-refractivity contribution < 1.29 is 33.3 Å². The van der Waals surface area contributed by atoms with Crippen LogP contribution in [-0.4, -0.2) is 39.9 Å². The van der Waals surface area contributed by atoms with Crippen LogP contribution >= 0.6 is 0 Å². The number of allylic oxidation sites excluding steroid dienone is 1. The Balaban J connectivity index is 2.04. The van der Waals surface area contributed by atoms with Crippen molar-refractivity contribution in [1.29, 1.82) is 0 Å². The zero-order valence-corrected chi connectivity index (χ0v) is 17.3. The summed E-state index contributed by atoms with van der Waals surface area (Å²) in [6.45, 7) is 1.58. The van der Waals surface area contributed by atoms with Crippen LogP contribution in [0.5, 0.6) is 23.0 Å². The Hall–Kier alpha value is -3.74. The molecular weight excluding hydrogens is 388 g/mol. The highest BCUT2D eigenvalue weighted by molar-refractivity contribution is 5.87. The predicted molar refractivity (Wildman–Crippen MR) is 113 cm³/mol. The Labute approximate surface area is 175 Å². The lowest BCUT2D eigenvalue weighted by Crippen LogP contribution is -2.18. The molecule has 0 unspecified atom stereocenters. The number of benzene rings is 2. The van der Waals surface area contributed by atoms with Gasteiger partial charge >= 0.3 is 11.9 Å². The number of ether oxygens (including phenoxy) is 5. The Morgan fingerprint density at radius 2 is 1.43 bits per heavy atom. The molecule has 7 heteroatoms. The van der Waals surface area contributed by atoms with Crippen LogP contribution < -0.4 is 18.9 Å². The summed E-state index contributed by atoms with van der Waals surface area (Å²) in [5.41, 5.74) is 1.63. The van der Waals surface area contributed by atoms with E-state index in [9.17, 15) is 9.59 Å². The minimum Gasteiger partial charge on any atom is -0.493 e. The zero-order valence-electron chi connectivity index (χ0n) is 17.3. The predicted octanol–water partition coefficient (Wildman–Crippen LogP) is 3.91. The largest absolute Gasteiger partial charge is 0.493 e. The van der Waals surface area contributed by atoms with Gasteiger partial charge in [0.15, 0.2) is 29.6 Å². The first-order chi connectivity index (χ1) is 14.5. The molecule has 0 amide bonds. The molecule has 158 valence electrons. The molecule has 0 spiro atoms. The van der Waals surface area contributed by atoms with E-state index in [1.54, 1.807) is 36.4 Å². The van der Waals surface area contributed by atoms with Gasteiger partial charge in [-0.3, -0.25) is 0 Å². The molecular formula is C23H24O7. The average Bonchev–Trinajstić information content (AvgIpc) is 2.77. The van der Waals surface area contributed by atoms with E-state index in [0.29, 0.717) is 28.6 Å². The van der Waals surface area contributed by atoms with Crippen LogP contribution in [0.2, 0.25) is 0 Å². The van der Waals surface area contributed by atoms with E-state index in [4.69, 9.17) is 18.9 Å². The first-order valence-corrected chi connectivity index (χ1v) is 9.09. The number of hydrogen-bond donors (Lipinski definition) is 0. The maximum atomic E-state index is 12.2. The molecule has 0 fully saturated rings. The molecule has 0 atom stereocenters. The fourth-order valence-corrected chi connectivity index (χ4v) is 2.49. The molecule has 0 radical (unpaired) electrons. The van der Waals surface area contributed by atoms with Crippen LogP contribution in [0, 0.1) is 0 Å². The van der Waals surface area contributed by atoms with E-state index in [1.807, 2.05) is 25.1 Å². The summed E-state index contributed by atoms with van der Waals surface area (Å²) in [7, 11) is 4.28. The lowest BCUT2D eigenvalue weighted by Gasteiger charge is -2.12. The smallest absolute Gasteiger partial charge is 0.349 e. The highest BCUT2D eigenvalue weighted by Gasteiger charge is 2.13. The number of carbonyl (C=O) groups is 2. The summed E-state index contributed by atoms with van der Waals surface area (Å²) < 4.78 is 26.0. The molecule has 2 rings (SSSR count). The molecule has 2 aromatic carbocycles. The average molecular weight is 412 g/mol. The second-order valence-electron chi connectivity index (χ2n) is 5.94. The summed E-state index contributed by atoms with van der Waals surface area (Å²) in [5.74, 6) is 0.450. The highest BCUT2D eigenvalue weighted by Crippen LogP contribution is 2.30. The molecule has 0 saturated heterocycles. The lowest BCUT2D eigenvalue weighted by atomic mass is 10.2. The molecule has 0 heterocycles. The summed E-state index contributed by atoms with van der Waals surface area (Å²) in [6.07, 6.45) is 6.68. The Morgan fingerprint density at radius 1 is 0.833 bits per heavy atom. The van der Waals surface area contributed by atoms with Crippen molar-refractivity contribution in [2.75, 3.05) is 27.9 Å². The molecule has 30 heavy (non-hydrogen) atoms. The zero-order chi connectivity index (χ0) is 21.9. The third kappa shape index (κ3) is 6.41. The van der Waals surface area contributed by atoms with E-state index in [2.05, 4.69) is 4.74 Å². The SMILES string of the molecule is C/C=C/c1ccc(OC(=O)COc2ccc(/C=C/C(=O)OC)cc2OC)c(OC)c1. The van der Waals surface area contributed by atoms with Gasteiger partial charge in [0.1, 0.15) is 0 Å². The quantitative estimate of drug-likeness (QED) is 0.351. The molecule has 0 aliphatic rings. The Kier molecular flexibility index (Phi) is 8.50. The molecule has 0 aliphatic carbocycles. The normalized spacial score (nSPS) is 10.8. The van der Waals surface area contributed by atoms with Gasteiger partial charge in [-0.25, -0.2) is 9.59 Å². The van der Waals surface area contributed by atoms with E-state index in [-0.39, 0.29) is 6.61 Å². The van der Waals surface area contributed by atoms with Crippen LogP contribution in [0.3, 0.4) is 0 Å². The van der Waals surface area contributed by atoms with Crippen LogP contribution in [-0.2, 0) is 14.3 Å². The first-order valence-electron chi connectivity index (χ1n) is 9.09. The van der Waals surface area contributed by atoms with Crippen molar-refractivity contribution in [3.63, 3.8) is 0 Å². The van der Waals surface area contributed by atoms with Gasteiger partial charge in [0.2, 0.25) is 0 Å². The monoisotopic (exact) mass is 412 g/mol. The topological polar surface area (TPSA) is 80.3 Å². The number of rotatable bonds is 9. The van der Waals surface area contributed by atoms with Gasteiger partial charge in [-0.2, -0.15) is 0 Å². The minimum absolute atomic E-state index is 0.301. The van der Waals surface area contributed by atoms with Crippen molar-refractivity contribution in [2.24, 2.45) is 0 Å². The number of hydrogen-bond acceptors (Lipinski definition) is 7. The van der Waals surface area contributed by atoms with Crippen LogP contribution in [0.25, 0.3) is 12.2 Å². The van der Waals surface area contributed by atoms with Crippen molar-refractivity contribution in [2.45, 2.75) is 6.92 Å².